The van der Waals surface area contributed by atoms with Crippen molar-refractivity contribution in [3.05, 3.63) is 54.4 Å². The molecule has 0 spiro atoms. The van der Waals surface area contributed by atoms with Crippen LogP contribution in [0.1, 0.15) is 30.1 Å². The summed E-state index contributed by atoms with van der Waals surface area (Å²) >= 11 is 0. The monoisotopic (exact) mass is 296 g/mol. The van der Waals surface area contributed by atoms with Gasteiger partial charge in [-0.2, -0.15) is 0 Å². The molecule has 2 aromatic rings. The van der Waals surface area contributed by atoms with Crippen LogP contribution in [0.4, 0.5) is 0 Å². The van der Waals surface area contributed by atoms with Gasteiger partial charge < -0.3 is 9.47 Å². The van der Waals surface area contributed by atoms with Gasteiger partial charge in [0.2, 0.25) is 0 Å². The van der Waals surface area contributed by atoms with E-state index >= 15 is 0 Å². The number of amides is 1. The third kappa shape index (κ3) is 2.96. The Balaban J connectivity index is 1.67. The number of aromatic nitrogens is 1. The number of carbonyl (C=O) groups excluding carboxylic acids is 2. The minimum absolute atomic E-state index is 0.0565. The van der Waals surface area contributed by atoms with Crippen LogP contribution in [0.2, 0.25) is 0 Å². The van der Waals surface area contributed by atoms with Crippen molar-refractivity contribution in [2.75, 3.05) is 13.1 Å². The second-order valence-electron chi connectivity index (χ2n) is 5.81. The number of hydrogen-bond donors (Lipinski definition) is 0. The molecule has 3 rings (SSSR count). The van der Waals surface area contributed by atoms with E-state index in [1.165, 1.54) is 0 Å². The Kier molecular flexibility index (Phi) is 4.09. The highest BCUT2D eigenvalue weighted by atomic mass is 16.2. The molecule has 114 valence electrons. The molecule has 0 saturated carbocycles. The molecule has 1 aromatic carbocycles. The number of rotatable bonds is 3. The van der Waals surface area contributed by atoms with Crippen molar-refractivity contribution in [1.29, 1.82) is 0 Å². The van der Waals surface area contributed by atoms with Crippen molar-refractivity contribution < 1.29 is 9.59 Å². The van der Waals surface area contributed by atoms with Gasteiger partial charge in [0, 0.05) is 42.7 Å². The van der Waals surface area contributed by atoms with Crippen LogP contribution in [0, 0.1) is 5.92 Å². The first kappa shape index (κ1) is 14.6. The van der Waals surface area contributed by atoms with Gasteiger partial charge >= 0.3 is 0 Å². The maximum absolute atomic E-state index is 12.5. The summed E-state index contributed by atoms with van der Waals surface area (Å²) in [7, 11) is 0. The van der Waals surface area contributed by atoms with E-state index in [0.29, 0.717) is 18.7 Å². The zero-order valence-electron chi connectivity index (χ0n) is 12.7. The third-order valence-corrected chi connectivity index (χ3v) is 4.37. The van der Waals surface area contributed by atoms with E-state index in [2.05, 4.69) is 0 Å². The molecule has 0 bridgehead atoms. The topological polar surface area (TPSA) is 42.3 Å². The van der Waals surface area contributed by atoms with E-state index in [-0.39, 0.29) is 17.6 Å². The summed E-state index contributed by atoms with van der Waals surface area (Å²) in [4.78, 5) is 25.7. The highest BCUT2D eigenvalue weighted by molar-refractivity contribution is 5.94. The maximum Gasteiger partial charge on any atom is 0.253 e. The standard InChI is InChI=1S/C18H20N2O2/c1-14(21)15-8-12-20(13-9-15)18(22)16-4-6-17(7-5-16)19-10-2-3-11-19/h2-7,10-11,15H,8-9,12-13H2,1H3. The summed E-state index contributed by atoms with van der Waals surface area (Å²) < 4.78 is 2.01. The predicted molar refractivity (Wildman–Crippen MR) is 85.1 cm³/mol. The number of nitrogens with zero attached hydrogens (tertiary/aromatic N) is 2. The van der Waals surface area contributed by atoms with Crippen molar-refractivity contribution in [3.63, 3.8) is 0 Å². The average Bonchev–Trinajstić information content (AvgIpc) is 3.09. The molecule has 1 aromatic heterocycles. The molecule has 1 fully saturated rings. The Morgan fingerprint density at radius 3 is 2.14 bits per heavy atom. The lowest BCUT2D eigenvalue weighted by Gasteiger charge is -2.31. The molecule has 0 radical (unpaired) electrons. The maximum atomic E-state index is 12.5. The molecule has 22 heavy (non-hydrogen) atoms. The summed E-state index contributed by atoms with van der Waals surface area (Å²) in [6, 6.07) is 11.6. The molecule has 1 aliphatic rings. The van der Waals surface area contributed by atoms with E-state index in [9.17, 15) is 9.59 Å². The molecule has 1 saturated heterocycles. The van der Waals surface area contributed by atoms with Gasteiger partial charge in [0.25, 0.3) is 5.91 Å². The summed E-state index contributed by atoms with van der Waals surface area (Å²) in [5, 5.41) is 0. The van der Waals surface area contributed by atoms with E-state index < -0.39 is 0 Å². The number of carbonyl (C=O) groups is 2. The number of benzene rings is 1. The smallest absolute Gasteiger partial charge is 0.253 e. The number of ketones is 1. The van der Waals surface area contributed by atoms with E-state index in [1.54, 1.807) is 6.92 Å². The highest BCUT2D eigenvalue weighted by Crippen LogP contribution is 2.20. The lowest BCUT2D eigenvalue weighted by atomic mass is 9.93. The van der Waals surface area contributed by atoms with Crippen LogP contribution >= 0.6 is 0 Å². The Hall–Kier alpha value is -2.36. The minimum atomic E-state index is 0.0565. The van der Waals surface area contributed by atoms with Gasteiger partial charge in [0.05, 0.1) is 0 Å². The van der Waals surface area contributed by atoms with Crippen LogP contribution in [0.3, 0.4) is 0 Å². The summed E-state index contributed by atoms with van der Waals surface area (Å²) in [6.07, 6.45) is 5.51. The zero-order chi connectivity index (χ0) is 15.5. The van der Waals surface area contributed by atoms with Crippen LogP contribution in [-0.2, 0) is 4.79 Å². The number of likely N-dealkylation sites (tertiary alicyclic amines) is 1. The molecule has 0 unspecified atom stereocenters. The Bertz CT molecular complexity index is 651. The lowest BCUT2D eigenvalue weighted by Crippen LogP contribution is -2.39. The van der Waals surface area contributed by atoms with Gasteiger partial charge in [-0.3, -0.25) is 9.59 Å². The fourth-order valence-electron chi connectivity index (χ4n) is 2.95. The second kappa shape index (κ2) is 6.18. The lowest BCUT2D eigenvalue weighted by molar-refractivity contribution is -0.121. The van der Waals surface area contributed by atoms with Crippen LogP contribution in [-0.4, -0.2) is 34.2 Å². The van der Waals surface area contributed by atoms with Crippen LogP contribution in [0.5, 0.6) is 0 Å². The molecular weight excluding hydrogens is 276 g/mol. The third-order valence-electron chi connectivity index (χ3n) is 4.37. The summed E-state index contributed by atoms with van der Waals surface area (Å²) in [5.74, 6) is 0.421. The molecule has 4 nitrogen and oxygen atoms in total. The Morgan fingerprint density at radius 1 is 1.00 bits per heavy atom. The van der Waals surface area contributed by atoms with Gasteiger partial charge in [-0.15, -0.1) is 0 Å². The van der Waals surface area contributed by atoms with Gasteiger partial charge in [-0.25, -0.2) is 0 Å². The molecule has 1 amide bonds. The van der Waals surface area contributed by atoms with Crippen molar-refractivity contribution in [3.8, 4) is 5.69 Å². The van der Waals surface area contributed by atoms with Crippen molar-refractivity contribution in [2.45, 2.75) is 19.8 Å². The Labute approximate surface area is 130 Å². The quantitative estimate of drug-likeness (QED) is 0.874. The molecule has 4 heteroatoms. The largest absolute Gasteiger partial charge is 0.339 e. The fraction of sp³-hybridized carbons (Fsp3) is 0.333. The van der Waals surface area contributed by atoms with Crippen molar-refractivity contribution in [1.82, 2.24) is 9.47 Å². The predicted octanol–water partition coefficient (Wildman–Crippen LogP) is 2.92. The van der Waals surface area contributed by atoms with Gasteiger partial charge in [-0.05, 0) is 56.2 Å². The van der Waals surface area contributed by atoms with Crippen LogP contribution < -0.4 is 0 Å². The van der Waals surface area contributed by atoms with Crippen LogP contribution in [0.15, 0.2) is 48.8 Å². The van der Waals surface area contributed by atoms with E-state index in [4.69, 9.17) is 0 Å². The Morgan fingerprint density at radius 2 is 1.59 bits per heavy atom. The van der Waals surface area contributed by atoms with Gasteiger partial charge in [0.1, 0.15) is 5.78 Å². The normalized spacial score (nSPS) is 15.8. The summed E-state index contributed by atoms with van der Waals surface area (Å²) in [5.41, 5.74) is 1.74. The molecular formula is C18H20N2O2. The number of hydrogen-bond acceptors (Lipinski definition) is 2. The first-order valence-corrected chi connectivity index (χ1v) is 7.68. The van der Waals surface area contributed by atoms with Crippen LogP contribution in [0.25, 0.3) is 5.69 Å². The zero-order valence-corrected chi connectivity index (χ0v) is 12.7. The van der Waals surface area contributed by atoms with Crippen molar-refractivity contribution >= 4 is 11.7 Å². The molecule has 1 aliphatic heterocycles. The minimum Gasteiger partial charge on any atom is -0.339 e. The second-order valence-corrected chi connectivity index (χ2v) is 5.81. The molecule has 2 heterocycles. The number of piperidine rings is 1. The fourth-order valence-corrected chi connectivity index (χ4v) is 2.95. The van der Waals surface area contributed by atoms with Gasteiger partial charge in [-0.1, -0.05) is 0 Å². The first-order valence-electron chi connectivity index (χ1n) is 7.68. The highest BCUT2D eigenvalue weighted by Gasteiger charge is 2.25. The SMILES string of the molecule is CC(=O)C1CCN(C(=O)c2ccc(-n3cccc3)cc2)CC1. The average molecular weight is 296 g/mol. The molecule has 0 aliphatic carbocycles. The number of Topliss-reactive ketones (excluding diaryl/α,β-unsaturated/α-hetero) is 1. The first-order chi connectivity index (χ1) is 10.6. The van der Waals surface area contributed by atoms with Crippen molar-refractivity contribution in [2.24, 2.45) is 5.92 Å². The molecule has 0 N–H and O–H groups in total. The van der Waals surface area contributed by atoms with E-state index in [1.807, 2.05) is 58.3 Å². The summed E-state index contributed by atoms with van der Waals surface area (Å²) in [6.45, 7) is 2.98. The van der Waals surface area contributed by atoms with E-state index in [0.717, 1.165) is 18.5 Å². The molecule has 0 atom stereocenters. The van der Waals surface area contributed by atoms with Gasteiger partial charge in [0.15, 0.2) is 0 Å².